The van der Waals surface area contributed by atoms with Gasteiger partial charge in [-0.25, -0.2) is 9.97 Å². The van der Waals surface area contributed by atoms with Gasteiger partial charge in [-0.1, -0.05) is 13.8 Å². The summed E-state index contributed by atoms with van der Waals surface area (Å²) in [6.07, 6.45) is 6.52. The summed E-state index contributed by atoms with van der Waals surface area (Å²) < 4.78 is 1.63. The molecule has 25 heavy (non-hydrogen) atoms. The Labute approximate surface area is 147 Å². The number of piperidine rings is 1. The number of anilines is 1. The van der Waals surface area contributed by atoms with Crippen LogP contribution in [0.4, 0.5) is 5.82 Å². The van der Waals surface area contributed by atoms with E-state index in [1.807, 2.05) is 6.07 Å². The molecule has 7 heteroatoms. The maximum absolute atomic E-state index is 12.8. The summed E-state index contributed by atoms with van der Waals surface area (Å²) in [6, 6.07) is 3.69. The molecule has 3 heterocycles. The number of carbonyl (C=O) groups excluding carboxylic acids is 1. The van der Waals surface area contributed by atoms with Crippen molar-refractivity contribution in [2.75, 3.05) is 18.4 Å². The van der Waals surface area contributed by atoms with Crippen LogP contribution < -0.4 is 10.6 Å². The van der Waals surface area contributed by atoms with Gasteiger partial charge in [0.25, 0.3) is 5.95 Å². The van der Waals surface area contributed by atoms with Gasteiger partial charge in [-0.15, -0.1) is 0 Å². The Kier molecular flexibility index (Phi) is 4.03. The highest BCUT2D eigenvalue weighted by atomic mass is 16.2. The molecular weight excluding hydrogens is 316 g/mol. The van der Waals surface area contributed by atoms with Gasteiger partial charge in [-0.05, 0) is 49.8 Å². The molecule has 2 N–H and O–H groups in total. The standard InChI is InChI=1S/C18H24N6O/c1-12(2)14-10-15(24(23-14)17-20-6-3-7-21-17)22-16(25)13-11-18(13)4-8-19-9-5-18/h3,6-7,10,12-13,19H,4-5,8-9,11H2,1-2H3,(H,22,25). The molecular formula is C18H24N6O. The highest BCUT2D eigenvalue weighted by molar-refractivity contribution is 5.94. The van der Waals surface area contributed by atoms with E-state index in [1.165, 1.54) is 0 Å². The van der Waals surface area contributed by atoms with Gasteiger partial charge < -0.3 is 10.6 Å². The van der Waals surface area contributed by atoms with E-state index in [9.17, 15) is 4.79 Å². The van der Waals surface area contributed by atoms with Crippen molar-refractivity contribution in [2.24, 2.45) is 11.3 Å². The maximum Gasteiger partial charge on any atom is 0.252 e. The molecule has 0 aromatic carbocycles. The highest BCUT2D eigenvalue weighted by Crippen LogP contribution is 2.58. The number of nitrogens with one attached hydrogen (secondary N) is 2. The van der Waals surface area contributed by atoms with Crippen molar-refractivity contribution in [3.63, 3.8) is 0 Å². The molecule has 2 aromatic heterocycles. The second-order valence-corrected chi connectivity index (χ2v) is 7.43. The molecule has 2 fully saturated rings. The summed E-state index contributed by atoms with van der Waals surface area (Å²) in [5.74, 6) is 1.58. The van der Waals surface area contributed by atoms with Crippen molar-refractivity contribution in [2.45, 2.75) is 39.0 Å². The molecule has 1 aliphatic carbocycles. The van der Waals surface area contributed by atoms with Crippen LogP contribution in [0.2, 0.25) is 0 Å². The van der Waals surface area contributed by atoms with Crippen molar-refractivity contribution >= 4 is 11.7 Å². The number of carbonyl (C=O) groups is 1. The van der Waals surface area contributed by atoms with Crippen LogP contribution in [0.1, 0.15) is 44.7 Å². The molecule has 1 unspecified atom stereocenters. The fraction of sp³-hybridized carbons (Fsp3) is 0.556. The minimum atomic E-state index is 0.0919. The van der Waals surface area contributed by atoms with Crippen LogP contribution >= 0.6 is 0 Å². The molecule has 2 aromatic rings. The van der Waals surface area contributed by atoms with Crippen molar-refractivity contribution < 1.29 is 4.79 Å². The Morgan fingerprint density at radius 3 is 2.72 bits per heavy atom. The average Bonchev–Trinajstić information content (AvgIpc) is 3.14. The van der Waals surface area contributed by atoms with Crippen LogP contribution in [-0.4, -0.2) is 38.7 Å². The second kappa shape index (κ2) is 6.22. The number of hydrogen-bond acceptors (Lipinski definition) is 5. The van der Waals surface area contributed by atoms with Gasteiger partial charge in [0, 0.05) is 24.4 Å². The Morgan fingerprint density at radius 1 is 1.32 bits per heavy atom. The first-order chi connectivity index (χ1) is 12.1. The van der Waals surface area contributed by atoms with Crippen molar-refractivity contribution in [1.82, 2.24) is 25.1 Å². The zero-order valence-corrected chi connectivity index (χ0v) is 14.7. The SMILES string of the molecule is CC(C)c1cc(NC(=O)C2CC23CCNCC3)n(-c2ncccn2)n1. The quantitative estimate of drug-likeness (QED) is 0.890. The van der Waals surface area contributed by atoms with E-state index in [-0.39, 0.29) is 23.2 Å². The van der Waals surface area contributed by atoms with Gasteiger partial charge in [0.05, 0.1) is 5.69 Å². The molecule has 4 rings (SSSR count). The lowest BCUT2D eigenvalue weighted by atomic mass is 9.92. The largest absolute Gasteiger partial charge is 0.317 e. The predicted molar refractivity (Wildman–Crippen MR) is 94.5 cm³/mol. The second-order valence-electron chi connectivity index (χ2n) is 7.43. The zero-order valence-electron chi connectivity index (χ0n) is 14.7. The van der Waals surface area contributed by atoms with Crippen LogP contribution in [-0.2, 0) is 4.79 Å². The van der Waals surface area contributed by atoms with Gasteiger partial charge in [-0.3, -0.25) is 4.79 Å². The van der Waals surface area contributed by atoms with Gasteiger partial charge in [0.15, 0.2) is 0 Å². The maximum atomic E-state index is 12.8. The average molecular weight is 340 g/mol. The first-order valence-electron chi connectivity index (χ1n) is 8.98. The monoisotopic (exact) mass is 340 g/mol. The molecule has 1 saturated heterocycles. The number of amides is 1. The summed E-state index contributed by atoms with van der Waals surface area (Å²) in [5.41, 5.74) is 1.12. The third-order valence-electron chi connectivity index (χ3n) is 5.42. The third kappa shape index (κ3) is 3.04. The normalized spacial score (nSPS) is 21.5. The van der Waals surface area contributed by atoms with Crippen LogP contribution in [0, 0.1) is 11.3 Å². The smallest absolute Gasteiger partial charge is 0.252 e. The van der Waals surface area contributed by atoms with E-state index < -0.39 is 0 Å². The van der Waals surface area contributed by atoms with Gasteiger partial charge in [-0.2, -0.15) is 9.78 Å². The summed E-state index contributed by atoms with van der Waals surface area (Å²) in [5, 5.41) is 11.0. The zero-order chi connectivity index (χ0) is 17.4. The summed E-state index contributed by atoms with van der Waals surface area (Å²) in [4.78, 5) is 21.3. The van der Waals surface area contributed by atoms with E-state index in [0.717, 1.165) is 38.0 Å². The van der Waals surface area contributed by atoms with E-state index in [1.54, 1.807) is 23.1 Å². The van der Waals surface area contributed by atoms with E-state index >= 15 is 0 Å². The van der Waals surface area contributed by atoms with Crippen LogP contribution in [0.15, 0.2) is 24.5 Å². The van der Waals surface area contributed by atoms with Crippen molar-refractivity contribution in [3.05, 3.63) is 30.2 Å². The summed E-state index contributed by atoms with van der Waals surface area (Å²) >= 11 is 0. The van der Waals surface area contributed by atoms with Crippen LogP contribution in [0.3, 0.4) is 0 Å². The van der Waals surface area contributed by atoms with E-state index in [2.05, 4.69) is 39.5 Å². The minimum Gasteiger partial charge on any atom is -0.317 e. The predicted octanol–water partition coefficient (Wildman–Crippen LogP) is 2.11. The molecule has 0 radical (unpaired) electrons. The number of aromatic nitrogens is 4. The molecule has 2 aliphatic rings. The summed E-state index contributed by atoms with van der Waals surface area (Å²) in [7, 11) is 0. The Bertz CT molecular complexity index is 763. The van der Waals surface area contributed by atoms with Gasteiger partial charge >= 0.3 is 0 Å². The first-order valence-corrected chi connectivity index (χ1v) is 8.98. The topological polar surface area (TPSA) is 84.7 Å². The molecule has 7 nitrogen and oxygen atoms in total. The third-order valence-corrected chi connectivity index (χ3v) is 5.42. The van der Waals surface area contributed by atoms with Gasteiger partial charge in [0.1, 0.15) is 5.82 Å². The number of hydrogen-bond donors (Lipinski definition) is 2. The van der Waals surface area contributed by atoms with Crippen molar-refractivity contribution in [3.8, 4) is 5.95 Å². The summed E-state index contributed by atoms with van der Waals surface area (Å²) in [6.45, 7) is 6.18. The molecule has 0 bridgehead atoms. The minimum absolute atomic E-state index is 0.0919. The fourth-order valence-corrected chi connectivity index (χ4v) is 3.73. The lowest BCUT2D eigenvalue weighted by molar-refractivity contribution is -0.118. The molecule has 1 saturated carbocycles. The fourth-order valence-electron chi connectivity index (χ4n) is 3.73. The lowest BCUT2D eigenvalue weighted by Crippen LogP contribution is -2.31. The Balaban J connectivity index is 1.56. The number of nitrogens with zero attached hydrogens (tertiary/aromatic N) is 4. The van der Waals surface area contributed by atoms with Gasteiger partial charge in [0.2, 0.25) is 5.91 Å². The van der Waals surface area contributed by atoms with E-state index in [4.69, 9.17) is 0 Å². The molecule has 1 spiro atoms. The lowest BCUT2D eigenvalue weighted by Gasteiger charge is -2.23. The number of rotatable bonds is 4. The molecule has 1 amide bonds. The Hall–Kier alpha value is -2.28. The van der Waals surface area contributed by atoms with Crippen molar-refractivity contribution in [1.29, 1.82) is 0 Å². The first kappa shape index (κ1) is 16.2. The van der Waals surface area contributed by atoms with Crippen LogP contribution in [0.25, 0.3) is 5.95 Å². The highest BCUT2D eigenvalue weighted by Gasteiger charge is 2.57. The molecule has 132 valence electrons. The molecule has 1 aliphatic heterocycles. The van der Waals surface area contributed by atoms with E-state index in [0.29, 0.717) is 11.8 Å². The van der Waals surface area contributed by atoms with Crippen LogP contribution in [0.5, 0.6) is 0 Å². The molecule has 1 atom stereocenters. The Morgan fingerprint density at radius 2 is 2.04 bits per heavy atom.